The average molecular weight is 383 g/mol. The first kappa shape index (κ1) is 18.9. The lowest BCUT2D eigenvalue weighted by Gasteiger charge is -2.12. The number of carbonyl (C=O) groups excluding carboxylic acids is 2. The van der Waals surface area contributed by atoms with Gasteiger partial charge in [0.1, 0.15) is 17.9 Å². The molecule has 0 aliphatic heterocycles. The third kappa shape index (κ3) is 5.27. The van der Waals surface area contributed by atoms with E-state index >= 15 is 0 Å². The van der Waals surface area contributed by atoms with Gasteiger partial charge < -0.3 is 20.1 Å². The molecule has 2 rings (SSSR count). The first-order chi connectivity index (χ1) is 11.9. The second kappa shape index (κ2) is 8.60. The molecular weight excluding hydrogens is 367 g/mol. The number of halogens is 2. The van der Waals surface area contributed by atoms with Gasteiger partial charge in [0, 0.05) is 11.1 Å². The Hall–Kier alpha value is -2.44. The Kier molecular flexibility index (Phi) is 6.50. The van der Waals surface area contributed by atoms with Crippen molar-refractivity contribution < 1.29 is 19.1 Å². The van der Waals surface area contributed by atoms with E-state index in [0.717, 1.165) is 0 Å². The molecule has 0 bridgehead atoms. The summed E-state index contributed by atoms with van der Waals surface area (Å²) < 4.78 is 10.3. The summed E-state index contributed by atoms with van der Waals surface area (Å²) in [5.41, 5.74) is 0.784. The molecule has 0 aliphatic rings. The lowest BCUT2D eigenvalue weighted by atomic mass is 10.2. The number of rotatable bonds is 6. The van der Waals surface area contributed by atoms with E-state index in [1.807, 2.05) is 0 Å². The molecule has 0 radical (unpaired) electrons. The van der Waals surface area contributed by atoms with Gasteiger partial charge in [-0.25, -0.2) is 0 Å². The predicted octanol–water partition coefficient (Wildman–Crippen LogP) is 3.98. The third-order valence-corrected chi connectivity index (χ3v) is 3.75. The normalized spacial score (nSPS) is 10.1. The zero-order valence-corrected chi connectivity index (χ0v) is 15.1. The number of benzene rings is 2. The third-order valence-electron chi connectivity index (χ3n) is 3.21. The molecule has 132 valence electrons. The van der Waals surface area contributed by atoms with E-state index in [1.54, 1.807) is 30.3 Å². The lowest BCUT2D eigenvalue weighted by molar-refractivity contribution is -0.123. The summed E-state index contributed by atoms with van der Waals surface area (Å²) in [5, 5.41) is 5.91. The van der Waals surface area contributed by atoms with Crippen molar-refractivity contribution in [2.75, 3.05) is 24.9 Å². The summed E-state index contributed by atoms with van der Waals surface area (Å²) in [6.45, 7) is 0. The van der Waals surface area contributed by atoms with Crippen LogP contribution in [0.25, 0.3) is 0 Å². The maximum atomic E-state index is 12.1. The molecule has 0 spiro atoms. The smallest absolute Gasteiger partial charge is 0.233 e. The van der Waals surface area contributed by atoms with Crippen molar-refractivity contribution in [1.82, 2.24) is 0 Å². The average Bonchev–Trinajstić information content (AvgIpc) is 2.57. The number of hydrogen-bond donors (Lipinski definition) is 2. The molecule has 0 heterocycles. The highest BCUT2D eigenvalue weighted by Gasteiger charge is 2.14. The minimum atomic E-state index is -0.511. The highest BCUT2D eigenvalue weighted by Crippen LogP contribution is 2.29. The van der Waals surface area contributed by atoms with E-state index in [2.05, 4.69) is 10.6 Å². The fraction of sp³-hybridized carbons (Fsp3) is 0.176. The van der Waals surface area contributed by atoms with Gasteiger partial charge in [-0.15, -0.1) is 0 Å². The fourth-order valence-electron chi connectivity index (χ4n) is 2.04. The van der Waals surface area contributed by atoms with Crippen LogP contribution in [0.15, 0.2) is 36.4 Å². The zero-order valence-electron chi connectivity index (χ0n) is 13.6. The first-order valence-corrected chi connectivity index (χ1v) is 7.95. The van der Waals surface area contributed by atoms with Crippen molar-refractivity contribution >= 4 is 46.4 Å². The topological polar surface area (TPSA) is 76.7 Å². The number of amides is 2. The molecule has 25 heavy (non-hydrogen) atoms. The molecule has 0 fully saturated rings. The number of carbonyl (C=O) groups is 2. The largest absolute Gasteiger partial charge is 0.497 e. The molecule has 0 saturated heterocycles. The molecule has 6 nitrogen and oxygen atoms in total. The van der Waals surface area contributed by atoms with E-state index in [4.69, 9.17) is 32.7 Å². The molecule has 0 aromatic heterocycles. The van der Waals surface area contributed by atoms with Crippen LogP contribution in [0.3, 0.4) is 0 Å². The van der Waals surface area contributed by atoms with Gasteiger partial charge in [-0.1, -0.05) is 23.2 Å². The molecule has 8 heteroatoms. The Morgan fingerprint density at radius 3 is 2.20 bits per heavy atom. The van der Waals surface area contributed by atoms with E-state index in [1.165, 1.54) is 20.3 Å². The van der Waals surface area contributed by atoms with Gasteiger partial charge in [0.25, 0.3) is 0 Å². The molecular formula is C17H16Cl2N2O4. The SMILES string of the molecule is COc1ccc(OC)c(NC(=O)CC(=O)Nc2ccc(Cl)cc2Cl)c1. The lowest BCUT2D eigenvalue weighted by Crippen LogP contribution is -2.21. The maximum absolute atomic E-state index is 12.1. The number of nitrogens with one attached hydrogen (secondary N) is 2. The van der Waals surface area contributed by atoms with Gasteiger partial charge in [-0.05, 0) is 30.3 Å². The first-order valence-electron chi connectivity index (χ1n) is 7.19. The van der Waals surface area contributed by atoms with Gasteiger partial charge >= 0.3 is 0 Å². The van der Waals surface area contributed by atoms with Gasteiger partial charge in [0.05, 0.1) is 30.6 Å². The van der Waals surface area contributed by atoms with Crippen LogP contribution in [-0.2, 0) is 9.59 Å². The van der Waals surface area contributed by atoms with Crippen LogP contribution in [0.1, 0.15) is 6.42 Å². The van der Waals surface area contributed by atoms with E-state index in [9.17, 15) is 9.59 Å². The van der Waals surface area contributed by atoms with Gasteiger partial charge in [0.2, 0.25) is 11.8 Å². The number of anilines is 2. The van der Waals surface area contributed by atoms with Crippen LogP contribution in [0.5, 0.6) is 11.5 Å². The summed E-state index contributed by atoms with van der Waals surface area (Å²) in [5.74, 6) is -0.0125. The van der Waals surface area contributed by atoms with E-state index < -0.39 is 11.8 Å². The quantitative estimate of drug-likeness (QED) is 0.740. The summed E-state index contributed by atoms with van der Waals surface area (Å²) in [6.07, 6.45) is -0.390. The summed E-state index contributed by atoms with van der Waals surface area (Å²) in [6, 6.07) is 9.60. The van der Waals surface area contributed by atoms with Crippen molar-refractivity contribution in [2.45, 2.75) is 6.42 Å². The second-order valence-corrected chi connectivity index (χ2v) is 5.81. The molecule has 2 amide bonds. The van der Waals surface area contributed by atoms with Crippen LogP contribution >= 0.6 is 23.2 Å². The molecule has 0 atom stereocenters. The molecule has 0 unspecified atom stereocenters. The Morgan fingerprint density at radius 2 is 1.60 bits per heavy atom. The zero-order chi connectivity index (χ0) is 18.4. The van der Waals surface area contributed by atoms with Crippen molar-refractivity contribution in [1.29, 1.82) is 0 Å². The Balaban J connectivity index is 2.01. The second-order valence-electron chi connectivity index (χ2n) is 4.96. The van der Waals surface area contributed by atoms with Gasteiger partial charge in [-0.2, -0.15) is 0 Å². The number of ether oxygens (including phenoxy) is 2. The van der Waals surface area contributed by atoms with Crippen LogP contribution in [0.2, 0.25) is 10.0 Å². The Morgan fingerprint density at radius 1 is 0.920 bits per heavy atom. The highest BCUT2D eigenvalue weighted by atomic mass is 35.5. The van der Waals surface area contributed by atoms with Crippen molar-refractivity contribution in [2.24, 2.45) is 0 Å². The molecule has 2 aromatic carbocycles. The predicted molar refractivity (Wildman–Crippen MR) is 97.9 cm³/mol. The number of methoxy groups -OCH3 is 2. The molecule has 0 aliphatic carbocycles. The van der Waals surface area contributed by atoms with E-state index in [-0.39, 0.29) is 11.4 Å². The maximum Gasteiger partial charge on any atom is 0.233 e. The van der Waals surface area contributed by atoms with Gasteiger partial charge in [-0.3, -0.25) is 9.59 Å². The highest BCUT2D eigenvalue weighted by molar-refractivity contribution is 6.36. The van der Waals surface area contributed by atoms with Gasteiger partial charge in [0.15, 0.2) is 0 Å². The monoisotopic (exact) mass is 382 g/mol. The molecule has 2 N–H and O–H groups in total. The van der Waals surface area contributed by atoms with Crippen molar-refractivity contribution in [3.05, 3.63) is 46.4 Å². The van der Waals surface area contributed by atoms with Crippen molar-refractivity contribution in [3.8, 4) is 11.5 Å². The molecule has 0 saturated carbocycles. The minimum Gasteiger partial charge on any atom is -0.497 e. The summed E-state index contributed by atoms with van der Waals surface area (Å²) >= 11 is 11.8. The van der Waals surface area contributed by atoms with E-state index in [0.29, 0.717) is 27.9 Å². The Bertz CT molecular complexity index is 796. The summed E-state index contributed by atoms with van der Waals surface area (Å²) in [7, 11) is 2.99. The number of hydrogen-bond acceptors (Lipinski definition) is 4. The Labute approximate surface area is 155 Å². The summed E-state index contributed by atoms with van der Waals surface area (Å²) in [4.78, 5) is 24.1. The molecule has 2 aromatic rings. The van der Waals surface area contributed by atoms with Crippen molar-refractivity contribution in [3.63, 3.8) is 0 Å². The fourth-order valence-corrected chi connectivity index (χ4v) is 2.49. The van der Waals surface area contributed by atoms with Crippen LogP contribution in [0, 0.1) is 0 Å². The van der Waals surface area contributed by atoms with Crippen LogP contribution in [0.4, 0.5) is 11.4 Å². The standard InChI is InChI=1S/C17H16Cl2N2O4/c1-24-11-4-6-15(25-2)14(8-11)21-17(23)9-16(22)20-13-5-3-10(18)7-12(13)19/h3-8H,9H2,1-2H3,(H,20,22)(H,21,23). The minimum absolute atomic E-state index is 0.288. The van der Waals surface area contributed by atoms with Crippen LogP contribution < -0.4 is 20.1 Å². The van der Waals surface area contributed by atoms with Crippen LogP contribution in [-0.4, -0.2) is 26.0 Å².